The first-order valence-electron chi connectivity index (χ1n) is 6.68. The lowest BCUT2D eigenvalue weighted by molar-refractivity contribution is -0.169. The molecule has 10 heteroatoms. The molecule has 0 spiro atoms. The second-order valence-corrected chi connectivity index (χ2v) is 7.99. The number of hydrogen-bond donors (Lipinski definition) is 1. The molecule has 2 aromatic rings. The smallest absolute Gasteiger partial charge is 0.408 e. The summed E-state index contributed by atoms with van der Waals surface area (Å²) in [5.74, 6) is -0.712. The summed E-state index contributed by atoms with van der Waals surface area (Å²) in [6.45, 7) is 0.995. The molecule has 0 amide bonds. The minimum Gasteiger partial charge on any atom is -0.408 e. The van der Waals surface area contributed by atoms with Crippen molar-refractivity contribution < 1.29 is 26.0 Å². The van der Waals surface area contributed by atoms with Crippen LogP contribution in [0.25, 0.3) is 11.1 Å². The minimum atomic E-state index is -4.34. The zero-order valence-electron chi connectivity index (χ0n) is 12.0. The minimum absolute atomic E-state index is 0.0784. The van der Waals surface area contributed by atoms with Gasteiger partial charge in [-0.3, -0.25) is 4.98 Å². The largest absolute Gasteiger partial charge is 0.417 e. The number of H-pyrrole nitrogens is 1. The third-order valence-corrected chi connectivity index (χ3v) is 5.56. The molecule has 1 aliphatic heterocycles. The number of fused-ring (bicyclic) bond motifs is 1. The molecule has 0 bridgehead atoms. The number of hydrogen-bond acceptors (Lipinski definition) is 4. The average Bonchev–Trinajstić information content (AvgIpc) is 2.72. The lowest BCUT2D eigenvalue weighted by Crippen LogP contribution is -2.58. The van der Waals surface area contributed by atoms with Gasteiger partial charge in [0.25, 0.3) is 0 Å². The lowest BCUT2D eigenvalue weighted by atomic mass is 9.80. The van der Waals surface area contributed by atoms with E-state index in [2.05, 4.69) is 4.98 Å². The van der Waals surface area contributed by atoms with E-state index >= 15 is 0 Å². The number of aromatic amines is 1. The van der Waals surface area contributed by atoms with Crippen LogP contribution in [0, 0.1) is 5.41 Å². The van der Waals surface area contributed by atoms with E-state index in [9.17, 15) is 26.4 Å². The van der Waals surface area contributed by atoms with Gasteiger partial charge in [-0.2, -0.15) is 17.5 Å². The van der Waals surface area contributed by atoms with Crippen molar-refractivity contribution in [2.75, 3.05) is 13.1 Å². The van der Waals surface area contributed by atoms with Crippen molar-refractivity contribution >= 4 is 21.1 Å². The summed E-state index contributed by atoms with van der Waals surface area (Å²) >= 11 is 0. The molecule has 0 aliphatic carbocycles. The number of halogens is 3. The predicted octanol–water partition coefficient (Wildman–Crippen LogP) is 2.08. The molecule has 1 N–H and O–H groups in total. The molecule has 0 unspecified atom stereocenters. The van der Waals surface area contributed by atoms with Crippen LogP contribution in [0.1, 0.15) is 13.3 Å². The quantitative estimate of drug-likeness (QED) is 0.919. The summed E-state index contributed by atoms with van der Waals surface area (Å²) in [6.07, 6.45) is -5.37. The van der Waals surface area contributed by atoms with Crippen molar-refractivity contribution in [2.24, 2.45) is 5.41 Å². The number of sulfonamides is 1. The van der Waals surface area contributed by atoms with Gasteiger partial charge in [0, 0.05) is 24.6 Å². The highest BCUT2D eigenvalue weighted by molar-refractivity contribution is 7.89. The molecule has 1 fully saturated rings. The van der Waals surface area contributed by atoms with E-state index in [1.807, 2.05) is 0 Å². The molecule has 1 saturated heterocycles. The molecule has 3 rings (SSSR count). The molecule has 0 saturated carbocycles. The fourth-order valence-corrected chi connectivity index (χ4v) is 4.56. The van der Waals surface area contributed by atoms with Crippen LogP contribution >= 0.6 is 0 Å². The Kier molecular flexibility index (Phi) is 3.38. The van der Waals surface area contributed by atoms with Gasteiger partial charge in [-0.15, -0.1) is 0 Å². The van der Waals surface area contributed by atoms with Gasteiger partial charge in [0.05, 0.1) is 16.8 Å². The van der Waals surface area contributed by atoms with E-state index in [1.165, 1.54) is 25.1 Å². The Balaban J connectivity index is 1.83. The first-order valence-corrected chi connectivity index (χ1v) is 8.12. The van der Waals surface area contributed by atoms with Crippen LogP contribution in [0.5, 0.6) is 0 Å². The van der Waals surface area contributed by atoms with Gasteiger partial charge in [-0.05, 0) is 12.1 Å². The van der Waals surface area contributed by atoms with Gasteiger partial charge >= 0.3 is 11.9 Å². The first-order chi connectivity index (χ1) is 10.5. The summed E-state index contributed by atoms with van der Waals surface area (Å²) in [4.78, 5) is 13.3. The molecule has 126 valence electrons. The number of oxazole rings is 1. The van der Waals surface area contributed by atoms with Crippen molar-refractivity contribution in [2.45, 2.75) is 24.4 Å². The molecular weight excluding hydrogens is 337 g/mol. The van der Waals surface area contributed by atoms with Crippen LogP contribution in [0.4, 0.5) is 13.2 Å². The Labute approximate surface area is 128 Å². The fraction of sp³-hybridized carbons (Fsp3) is 0.462. The maximum atomic E-state index is 12.5. The third kappa shape index (κ3) is 3.00. The number of alkyl halides is 3. The lowest BCUT2D eigenvalue weighted by Gasteiger charge is -2.47. The van der Waals surface area contributed by atoms with E-state index < -0.39 is 33.8 Å². The van der Waals surface area contributed by atoms with Gasteiger partial charge in [0.15, 0.2) is 5.58 Å². The van der Waals surface area contributed by atoms with E-state index in [0.29, 0.717) is 5.52 Å². The Morgan fingerprint density at radius 1 is 1.35 bits per heavy atom. The summed E-state index contributed by atoms with van der Waals surface area (Å²) in [5.41, 5.74) is -0.690. The zero-order chi connectivity index (χ0) is 17.0. The van der Waals surface area contributed by atoms with Crippen molar-refractivity contribution in [1.29, 1.82) is 0 Å². The first kappa shape index (κ1) is 16.1. The Bertz CT molecular complexity index is 907. The molecule has 6 nitrogen and oxygen atoms in total. The second-order valence-electron chi connectivity index (χ2n) is 6.05. The highest BCUT2D eigenvalue weighted by atomic mass is 32.2. The Hall–Kier alpha value is -1.81. The molecule has 0 radical (unpaired) electrons. The van der Waals surface area contributed by atoms with Gasteiger partial charge in [0.2, 0.25) is 10.0 Å². The topological polar surface area (TPSA) is 83.4 Å². The van der Waals surface area contributed by atoms with E-state index in [1.54, 1.807) is 0 Å². The zero-order valence-corrected chi connectivity index (χ0v) is 12.8. The molecule has 23 heavy (non-hydrogen) atoms. The molecular formula is C13H13F3N2O4S. The molecule has 1 aliphatic rings. The van der Waals surface area contributed by atoms with Crippen LogP contribution in [0.2, 0.25) is 0 Å². The molecule has 1 aromatic heterocycles. The molecule has 2 heterocycles. The number of rotatable bonds is 3. The Morgan fingerprint density at radius 2 is 2.00 bits per heavy atom. The third-order valence-electron chi connectivity index (χ3n) is 3.77. The average molecular weight is 350 g/mol. The standard InChI is InChI=1S/C13H13F3N2O4S/c1-12(5-13(14,15)16)6-18(7-12)23(20,21)8-2-3-9-10(4-8)22-11(19)17-9/h2-4H,5-7H2,1H3,(H,17,19). The highest BCUT2D eigenvalue weighted by Gasteiger charge is 2.50. The number of aromatic nitrogens is 1. The normalized spacial score (nSPS) is 19.0. The summed E-state index contributed by atoms with van der Waals surface area (Å²) < 4.78 is 68.1. The van der Waals surface area contributed by atoms with Crippen LogP contribution in [0.15, 0.2) is 32.3 Å². The number of benzene rings is 1. The van der Waals surface area contributed by atoms with Crippen LogP contribution in [0.3, 0.4) is 0 Å². The van der Waals surface area contributed by atoms with Crippen LogP contribution < -0.4 is 5.76 Å². The predicted molar refractivity (Wildman–Crippen MR) is 74.4 cm³/mol. The highest BCUT2D eigenvalue weighted by Crippen LogP contribution is 2.42. The fourth-order valence-electron chi connectivity index (χ4n) is 2.81. The van der Waals surface area contributed by atoms with Crippen LogP contribution in [-0.4, -0.2) is 37.0 Å². The Morgan fingerprint density at radius 3 is 2.61 bits per heavy atom. The maximum Gasteiger partial charge on any atom is 0.417 e. The summed E-state index contributed by atoms with van der Waals surface area (Å²) in [7, 11) is -3.92. The van der Waals surface area contributed by atoms with Crippen LogP contribution in [-0.2, 0) is 10.0 Å². The van der Waals surface area contributed by atoms with Gasteiger partial charge in [0.1, 0.15) is 0 Å². The van der Waals surface area contributed by atoms with Crippen molar-refractivity contribution in [3.8, 4) is 0 Å². The second kappa shape index (κ2) is 4.84. The SMILES string of the molecule is CC1(CC(F)(F)F)CN(S(=O)(=O)c2ccc3[nH]c(=O)oc3c2)C1. The number of nitrogens with one attached hydrogen (secondary N) is 1. The monoisotopic (exact) mass is 350 g/mol. The summed E-state index contributed by atoms with van der Waals surface area (Å²) in [6, 6.07) is 3.84. The van der Waals surface area contributed by atoms with E-state index in [0.717, 1.165) is 4.31 Å². The van der Waals surface area contributed by atoms with E-state index in [4.69, 9.17) is 4.42 Å². The summed E-state index contributed by atoms with van der Waals surface area (Å²) in [5, 5.41) is 0. The van der Waals surface area contributed by atoms with Gasteiger partial charge < -0.3 is 4.42 Å². The van der Waals surface area contributed by atoms with Crippen molar-refractivity contribution in [3.63, 3.8) is 0 Å². The molecule has 1 aromatic carbocycles. The van der Waals surface area contributed by atoms with Crippen molar-refractivity contribution in [3.05, 3.63) is 28.7 Å². The number of nitrogens with zero attached hydrogens (tertiary/aromatic N) is 1. The van der Waals surface area contributed by atoms with Gasteiger partial charge in [-0.25, -0.2) is 13.2 Å². The van der Waals surface area contributed by atoms with Gasteiger partial charge in [-0.1, -0.05) is 6.92 Å². The van der Waals surface area contributed by atoms with E-state index in [-0.39, 0.29) is 23.6 Å². The molecule has 0 atom stereocenters. The maximum absolute atomic E-state index is 12.5. The van der Waals surface area contributed by atoms with Crippen molar-refractivity contribution in [1.82, 2.24) is 9.29 Å².